The molecule has 15 heavy (non-hydrogen) atoms. The molecule has 0 N–H and O–H groups in total. The summed E-state index contributed by atoms with van der Waals surface area (Å²) < 4.78 is 27.3. The van der Waals surface area contributed by atoms with Gasteiger partial charge in [0.2, 0.25) is 0 Å². The fourth-order valence-corrected chi connectivity index (χ4v) is 1.83. The van der Waals surface area contributed by atoms with Crippen LogP contribution in [-0.4, -0.2) is 21.3 Å². The van der Waals surface area contributed by atoms with Crippen LogP contribution < -0.4 is 0 Å². The zero-order chi connectivity index (χ0) is 11.5. The molecule has 0 saturated heterocycles. The van der Waals surface area contributed by atoms with E-state index in [2.05, 4.69) is 15.9 Å². The summed E-state index contributed by atoms with van der Waals surface area (Å²) in [6.45, 7) is 2.11. The molecule has 0 amide bonds. The Labute approximate surface area is 98.7 Å². The van der Waals surface area contributed by atoms with Gasteiger partial charge in [0.15, 0.2) is 0 Å². The van der Waals surface area contributed by atoms with E-state index in [1.54, 1.807) is 0 Å². The molecular weight excluding hydrogens is 280 g/mol. The van der Waals surface area contributed by atoms with Crippen molar-refractivity contribution in [2.45, 2.75) is 12.8 Å². The van der Waals surface area contributed by atoms with Gasteiger partial charge in [-0.2, -0.15) is 8.42 Å². The van der Waals surface area contributed by atoms with E-state index in [1.165, 1.54) is 0 Å². The first kappa shape index (κ1) is 12.7. The molecular formula is C10H13BrO3S. The number of hydrogen-bond acceptors (Lipinski definition) is 3. The van der Waals surface area contributed by atoms with Crippen molar-refractivity contribution in [2.24, 2.45) is 0 Å². The van der Waals surface area contributed by atoms with E-state index in [-0.39, 0.29) is 12.5 Å². The lowest BCUT2D eigenvalue weighted by Gasteiger charge is -2.11. The van der Waals surface area contributed by atoms with E-state index >= 15 is 0 Å². The Morgan fingerprint density at radius 2 is 1.87 bits per heavy atom. The highest BCUT2D eigenvalue weighted by atomic mass is 79.9. The van der Waals surface area contributed by atoms with Crippen molar-refractivity contribution in [3.63, 3.8) is 0 Å². The maximum absolute atomic E-state index is 10.8. The first-order valence-corrected chi connectivity index (χ1v) is 7.09. The van der Waals surface area contributed by atoms with E-state index in [9.17, 15) is 8.42 Å². The van der Waals surface area contributed by atoms with Crippen molar-refractivity contribution in [2.75, 3.05) is 12.9 Å². The minimum absolute atomic E-state index is 0.0628. The van der Waals surface area contributed by atoms with Gasteiger partial charge >= 0.3 is 0 Å². The largest absolute Gasteiger partial charge is 0.270 e. The highest BCUT2D eigenvalue weighted by Crippen LogP contribution is 2.18. The summed E-state index contributed by atoms with van der Waals surface area (Å²) in [5, 5.41) is 0. The zero-order valence-electron chi connectivity index (χ0n) is 8.60. The van der Waals surface area contributed by atoms with Gasteiger partial charge in [-0.25, -0.2) is 0 Å². The van der Waals surface area contributed by atoms with Crippen molar-refractivity contribution in [3.8, 4) is 0 Å². The number of rotatable bonds is 4. The molecule has 5 heteroatoms. The molecule has 3 nitrogen and oxygen atoms in total. The second-order valence-electron chi connectivity index (χ2n) is 3.44. The molecule has 0 aliphatic rings. The van der Waals surface area contributed by atoms with Crippen LogP contribution in [0.15, 0.2) is 28.7 Å². The third-order valence-corrected chi connectivity index (χ3v) is 3.06. The van der Waals surface area contributed by atoms with E-state index in [0.29, 0.717) is 0 Å². The third-order valence-electron chi connectivity index (χ3n) is 1.97. The van der Waals surface area contributed by atoms with Gasteiger partial charge in [0.25, 0.3) is 10.1 Å². The third kappa shape index (κ3) is 4.77. The van der Waals surface area contributed by atoms with E-state index < -0.39 is 10.1 Å². The van der Waals surface area contributed by atoms with Crippen LogP contribution in [0.5, 0.6) is 0 Å². The van der Waals surface area contributed by atoms with Gasteiger partial charge in [-0.05, 0) is 17.7 Å². The standard InChI is InChI=1S/C10H13BrO3S/c1-8(7-14-15(2,12)13)9-3-5-10(11)6-4-9/h3-6,8H,7H2,1-2H3/t8-/m1/s1. The zero-order valence-corrected chi connectivity index (χ0v) is 11.0. The number of benzene rings is 1. The Hall–Kier alpha value is -0.390. The highest BCUT2D eigenvalue weighted by molar-refractivity contribution is 9.10. The first-order chi connectivity index (χ1) is 6.88. The Bertz CT molecular complexity index is 411. The summed E-state index contributed by atoms with van der Waals surface area (Å²) in [6.07, 6.45) is 1.06. The summed E-state index contributed by atoms with van der Waals surface area (Å²) in [7, 11) is -3.34. The minimum atomic E-state index is -3.34. The molecule has 0 spiro atoms. The maximum atomic E-state index is 10.8. The van der Waals surface area contributed by atoms with E-state index in [1.807, 2.05) is 31.2 Å². The number of hydrogen-bond donors (Lipinski definition) is 0. The van der Waals surface area contributed by atoms with Gasteiger partial charge < -0.3 is 0 Å². The fraction of sp³-hybridized carbons (Fsp3) is 0.400. The summed E-state index contributed by atoms with van der Waals surface area (Å²) in [4.78, 5) is 0. The van der Waals surface area contributed by atoms with Crippen molar-refractivity contribution in [1.29, 1.82) is 0 Å². The Balaban J connectivity index is 2.61. The molecule has 0 aliphatic heterocycles. The second kappa shape index (κ2) is 5.09. The van der Waals surface area contributed by atoms with E-state index in [4.69, 9.17) is 4.18 Å². The van der Waals surface area contributed by atoms with Crippen molar-refractivity contribution in [1.82, 2.24) is 0 Å². The lowest BCUT2D eigenvalue weighted by molar-refractivity contribution is 0.301. The van der Waals surface area contributed by atoms with Gasteiger partial charge in [-0.1, -0.05) is 35.0 Å². The van der Waals surface area contributed by atoms with Crippen LogP contribution in [0.3, 0.4) is 0 Å². The molecule has 0 bridgehead atoms. The predicted molar refractivity (Wildman–Crippen MR) is 63.4 cm³/mol. The molecule has 0 unspecified atom stereocenters. The summed E-state index contributed by atoms with van der Waals surface area (Å²) in [5.41, 5.74) is 1.06. The number of halogens is 1. The molecule has 0 saturated carbocycles. The van der Waals surface area contributed by atoms with Gasteiger partial charge in [0.1, 0.15) is 0 Å². The lowest BCUT2D eigenvalue weighted by atomic mass is 10.0. The van der Waals surface area contributed by atoms with Crippen LogP contribution in [0.1, 0.15) is 18.4 Å². The van der Waals surface area contributed by atoms with Crippen LogP contribution in [0.2, 0.25) is 0 Å². The molecule has 1 atom stereocenters. The smallest absolute Gasteiger partial charge is 0.264 e. The second-order valence-corrected chi connectivity index (χ2v) is 6.00. The molecule has 0 fully saturated rings. The molecule has 1 rings (SSSR count). The SMILES string of the molecule is C[C@H](COS(C)(=O)=O)c1ccc(Br)cc1. The van der Waals surface area contributed by atoms with Crippen molar-refractivity contribution < 1.29 is 12.6 Å². The van der Waals surface area contributed by atoms with Crippen molar-refractivity contribution in [3.05, 3.63) is 34.3 Å². The summed E-state index contributed by atoms with van der Waals surface area (Å²) >= 11 is 3.34. The maximum Gasteiger partial charge on any atom is 0.264 e. The summed E-state index contributed by atoms with van der Waals surface area (Å²) in [6, 6.07) is 7.74. The van der Waals surface area contributed by atoms with Crippen LogP contribution in [-0.2, 0) is 14.3 Å². The van der Waals surface area contributed by atoms with Crippen LogP contribution in [0, 0.1) is 0 Å². The average Bonchev–Trinajstić information content (AvgIpc) is 2.14. The fourth-order valence-electron chi connectivity index (χ4n) is 1.11. The Kier molecular flexibility index (Phi) is 4.31. The molecule has 84 valence electrons. The lowest BCUT2D eigenvalue weighted by Crippen LogP contribution is -2.09. The monoisotopic (exact) mass is 292 g/mol. The van der Waals surface area contributed by atoms with Crippen molar-refractivity contribution >= 4 is 26.0 Å². The normalized spacial score (nSPS) is 13.8. The average molecular weight is 293 g/mol. The first-order valence-electron chi connectivity index (χ1n) is 4.48. The van der Waals surface area contributed by atoms with Gasteiger partial charge in [0.05, 0.1) is 12.9 Å². The van der Waals surface area contributed by atoms with Gasteiger partial charge in [-0.3, -0.25) is 4.18 Å². The van der Waals surface area contributed by atoms with Crippen LogP contribution >= 0.6 is 15.9 Å². The molecule has 1 aromatic carbocycles. The van der Waals surface area contributed by atoms with Gasteiger partial charge in [-0.15, -0.1) is 0 Å². The molecule has 0 heterocycles. The molecule has 1 aromatic rings. The Morgan fingerprint density at radius 3 is 2.33 bits per heavy atom. The minimum Gasteiger partial charge on any atom is -0.270 e. The van der Waals surface area contributed by atoms with E-state index in [0.717, 1.165) is 16.3 Å². The Morgan fingerprint density at radius 1 is 1.33 bits per heavy atom. The molecule has 0 radical (unpaired) electrons. The van der Waals surface area contributed by atoms with Crippen LogP contribution in [0.4, 0.5) is 0 Å². The van der Waals surface area contributed by atoms with Crippen LogP contribution in [0.25, 0.3) is 0 Å². The van der Waals surface area contributed by atoms with Gasteiger partial charge in [0, 0.05) is 10.4 Å². The highest BCUT2D eigenvalue weighted by Gasteiger charge is 2.09. The summed E-state index contributed by atoms with van der Waals surface area (Å²) in [5.74, 6) is 0.0628. The quantitative estimate of drug-likeness (QED) is 0.801. The predicted octanol–water partition coefficient (Wildman–Crippen LogP) is 2.53. The molecule has 0 aromatic heterocycles. The molecule has 0 aliphatic carbocycles. The topological polar surface area (TPSA) is 43.4 Å².